The first-order valence-corrected chi connectivity index (χ1v) is 7.99. The van der Waals surface area contributed by atoms with Crippen molar-refractivity contribution in [1.82, 2.24) is 0 Å². The Balaban J connectivity index is 5.15. The molecule has 0 saturated carbocycles. The van der Waals surface area contributed by atoms with Crippen LogP contribution in [0.3, 0.4) is 0 Å². The molecule has 0 bridgehead atoms. The molecule has 146 valence electrons. The highest BCUT2D eigenvalue weighted by Crippen LogP contribution is 2.40. The van der Waals surface area contributed by atoms with Gasteiger partial charge >= 0.3 is 24.0 Å². The first kappa shape index (κ1) is 23.3. The molecule has 1 N–H and O–H groups in total. The number of carboxylic acid groups (broad SMARTS) is 1. The number of rotatable bonds is 11. The van der Waals surface area contributed by atoms with Gasteiger partial charge in [-0.2, -0.15) is 22.0 Å². The molecular weight excluding hydrogens is 351 g/mol. The molecular formula is C16H23F5O4. The average molecular weight is 374 g/mol. The van der Waals surface area contributed by atoms with Crippen molar-refractivity contribution < 1.29 is 41.4 Å². The number of esters is 1. The minimum absolute atomic E-state index is 0.144. The Hall–Kier alpha value is -1.67. The van der Waals surface area contributed by atoms with Gasteiger partial charge in [0.15, 0.2) is 0 Å². The molecule has 4 nitrogen and oxygen atoms in total. The van der Waals surface area contributed by atoms with Crippen molar-refractivity contribution in [2.24, 2.45) is 5.92 Å². The standard InChI is InChI=1S/C16H23F5O4/c1-3-5-6-11(4-2)9-12(10-15(17,18)16(19,20)21)25-14(24)8-7-13(22)23/h7-8,11-12H,3-6,9-10H2,1-2H3,(H,22,23). The summed E-state index contributed by atoms with van der Waals surface area (Å²) in [6.07, 6.45) is -5.58. The summed E-state index contributed by atoms with van der Waals surface area (Å²) < 4.78 is 68.6. The molecule has 0 fully saturated rings. The van der Waals surface area contributed by atoms with E-state index in [-0.39, 0.29) is 12.3 Å². The van der Waals surface area contributed by atoms with E-state index in [0.29, 0.717) is 25.0 Å². The van der Waals surface area contributed by atoms with Crippen LogP contribution in [-0.2, 0) is 14.3 Å². The van der Waals surface area contributed by atoms with Gasteiger partial charge in [-0.05, 0) is 12.3 Å². The number of unbranched alkanes of at least 4 members (excludes halogenated alkanes) is 1. The number of ether oxygens (including phenoxy) is 1. The molecule has 0 spiro atoms. The van der Waals surface area contributed by atoms with Gasteiger partial charge in [0.2, 0.25) is 0 Å². The van der Waals surface area contributed by atoms with E-state index in [9.17, 15) is 31.5 Å². The van der Waals surface area contributed by atoms with Crippen LogP contribution in [0.15, 0.2) is 12.2 Å². The Morgan fingerprint density at radius 2 is 1.72 bits per heavy atom. The van der Waals surface area contributed by atoms with E-state index in [1.807, 2.05) is 6.92 Å². The van der Waals surface area contributed by atoms with Crippen molar-refractivity contribution in [2.45, 2.75) is 70.6 Å². The summed E-state index contributed by atoms with van der Waals surface area (Å²) in [6, 6.07) is 0. The fourth-order valence-corrected chi connectivity index (χ4v) is 2.27. The zero-order chi connectivity index (χ0) is 19.7. The third-order valence-corrected chi connectivity index (χ3v) is 3.68. The van der Waals surface area contributed by atoms with Crippen LogP contribution < -0.4 is 0 Å². The van der Waals surface area contributed by atoms with Crippen molar-refractivity contribution in [3.05, 3.63) is 12.2 Å². The van der Waals surface area contributed by atoms with Crippen LogP contribution in [0.1, 0.15) is 52.4 Å². The number of hydrogen-bond acceptors (Lipinski definition) is 3. The molecule has 0 amide bonds. The Kier molecular flexibility index (Phi) is 9.66. The van der Waals surface area contributed by atoms with Crippen LogP contribution in [0.25, 0.3) is 0 Å². The summed E-state index contributed by atoms with van der Waals surface area (Å²) in [7, 11) is 0. The monoisotopic (exact) mass is 374 g/mol. The van der Waals surface area contributed by atoms with Gasteiger partial charge in [-0.1, -0.05) is 39.5 Å². The Morgan fingerprint density at radius 1 is 1.12 bits per heavy atom. The number of aliphatic carboxylic acids is 1. The average Bonchev–Trinajstić information content (AvgIpc) is 2.47. The highest BCUT2D eigenvalue weighted by atomic mass is 19.4. The summed E-state index contributed by atoms with van der Waals surface area (Å²) >= 11 is 0. The third-order valence-electron chi connectivity index (χ3n) is 3.68. The molecule has 25 heavy (non-hydrogen) atoms. The highest BCUT2D eigenvalue weighted by molar-refractivity contribution is 5.90. The van der Waals surface area contributed by atoms with Crippen molar-refractivity contribution >= 4 is 11.9 Å². The minimum Gasteiger partial charge on any atom is -0.478 e. The lowest BCUT2D eigenvalue weighted by atomic mass is 9.91. The minimum atomic E-state index is -5.75. The van der Waals surface area contributed by atoms with Crippen LogP contribution >= 0.6 is 0 Å². The molecule has 0 radical (unpaired) electrons. The van der Waals surface area contributed by atoms with Gasteiger partial charge < -0.3 is 9.84 Å². The van der Waals surface area contributed by atoms with E-state index >= 15 is 0 Å². The fourth-order valence-electron chi connectivity index (χ4n) is 2.27. The predicted octanol–water partition coefficient (Wildman–Crippen LogP) is 4.73. The molecule has 2 unspecified atom stereocenters. The van der Waals surface area contributed by atoms with Crippen molar-refractivity contribution in [3.8, 4) is 0 Å². The van der Waals surface area contributed by atoms with Crippen LogP contribution in [-0.4, -0.2) is 35.2 Å². The number of halogens is 5. The Bertz CT molecular complexity index is 460. The lowest BCUT2D eigenvalue weighted by Gasteiger charge is -2.27. The number of carboxylic acids is 1. The van der Waals surface area contributed by atoms with Crippen molar-refractivity contribution in [2.75, 3.05) is 0 Å². The fraction of sp³-hybridized carbons (Fsp3) is 0.750. The van der Waals surface area contributed by atoms with Gasteiger partial charge in [0, 0.05) is 12.2 Å². The number of alkyl halides is 5. The van der Waals surface area contributed by atoms with E-state index in [2.05, 4.69) is 4.74 Å². The van der Waals surface area contributed by atoms with Gasteiger partial charge in [0.1, 0.15) is 6.10 Å². The van der Waals surface area contributed by atoms with E-state index in [1.165, 1.54) is 0 Å². The molecule has 0 aliphatic rings. The SMILES string of the molecule is CCCCC(CC)CC(CC(F)(F)C(F)(F)F)OC(=O)C=CC(=O)O. The molecule has 0 heterocycles. The molecule has 0 rings (SSSR count). The summed E-state index contributed by atoms with van der Waals surface area (Å²) in [5.41, 5.74) is 0. The second-order valence-corrected chi connectivity index (χ2v) is 5.79. The topological polar surface area (TPSA) is 63.6 Å². The van der Waals surface area contributed by atoms with Crippen molar-refractivity contribution in [3.63, 3.8) is 0 Å². The zero-order valence-electron chi connectivity index (χ0n) is 14.1. The predicted molar refractivity (Wildman–Crippen MR) is 80.2 cm³/mol. The van der Waals surface area contributed by atoms with Gasteiger partial charge in [0.25, 0.3) is 0 Å². The maximum Gasteiger partial charge on any atom is 0.453 e. The van der Waals surface area contributed by atoms with Crippen LogP contribution in [0.5, 0.6) is 0 Å². The number of carbonyl (C=O) groups is 2. The lowest BCUT2D eigenvalue weighted by molar-refractivity contribution is -0.291. The number of carbonyl (C=O) groups excluding carboxylic acids is 1. The summed E-state index contributed by atoms with van der Waals surface area (Å²) in [4.78, 5) is 21.8. The van der Waals surface area contributed by atoms with Gasteiger partial charge in [-0.15, -0.1) is 0 Å². The molecule has 0 aromatic heterocycles. The van der Waals surface area contributed by atoms with Crippen LogP contribution in [0.2, 0.25) is 0 Å². The summed E-state index contributed by atoms with van der Waals surface area (Å²) in [5, 5.41) is 8.41. The first-order chi connectivity index (χ1) is 11.4. The largest absolute Gasteiger partial charge is 0.478 e. The van der Waals surface area contributed by atoms with E-state index in [4.69, 9.17) is 5.11 Å². The second kappa shape index (κ2) is 10.4. The van der Waals surface area contributed by atoms with Crippen LogP contribution in [0, 0.1) is 5.92 Å². The molecule has 0 aliphatic heterocycles. The van der Waals surface area contributed by atoms with E-state index < -0.39 is 36.6 Å². The van der Waals surface area contributed by atoms with Crippen molar-refractivity contribution in [1.29, 1.82) is 0 Å². The lowest BCUT2D eigenvalue weighted by Crippen LogP contribution is -2.41. The van der Waals surface area contributed by atoms with Gasteiger partial charge in [-0.25, -0.2) is 9.59 Å². The molecule has 9 heteroatoms. The first-order valence-electron chi connectivity index (χ1n) is 7.99. The smallest absolute Gasteiger partial charge is 0.453 e. The van der Waals surface area contributed by atoms with E-state index in [0.717, 1.165) is 12.8 Å². The third kappa shape index (κ3) is 9.40. The quantitative estimate of drug-likeness (QED) is 0.323. The maximum atomic E-state index is 13.3. The molecule has 0 aliphatic carbocycles. The van der Waals surface area contributed by atoms with Crippen LogP contribution in [0.4, 0.5) is 22.0 Å². The Morgan fingerprint density at radius 3 is 2.16 bits per heavy atom. The van der Waals surface area contributed by atoms with E-state index in [1.54, 1.807) is 6.92 Å². The maximum absolute atomic E-state index is 13.3. The summed E-state index contributed by atoms with van der Waals surface area (Å²) in [6.45, 7) is 3.68. The highest BCUT2D eigenvalue weighted by Gasteiger charge is 2.58. The molecule has 0 aromatic carbocycles. The normalized spacial score (nSPS) is 15.2. The summed E-state index contributed by atoms with van der Waals surface area (Å²) in [5.74, 6) is -7.92. The Labute approximate surface area is 143 Å². The number of hydrogen-bond donors (Lipinski definition) is 1. The zero-order valence-corrected chi connectivity index (χ0v) is 14.1. The second-order valence-electron chi connectivity index (χ2n) is 5.79. The molecule has 0 aromatic rings. The molecule has 2 atom stereocenters. The van der Waals surface area contributed by atoms with Gasteiger partial charge in [0.05, 0.1) is 6.42 Å². The molecule has 0 saturated heterocycles. The van der Waals surface area contributed by atoms with Gasteiger partial charge in [-0.3, -0.25) is 0 Å².